The molecule has 4 rings (SSSR count). The van der Waals surface area contributed by atoms with E-state index in [1.54, 1.807) is 4.57 Å². The van der Waals surface area contributed by atoms with Gasteiger partial charge in [0.25, 0.3) is 11.8 Å². The van der Waals surface area contributed by atoms with Crippen molar-refractivity contribution in [3.63, 3.8) is 0 Å². The van der Waals surface area contributed by atoms with Crippen LogP contribution in [-0.2, 0) is 24.0 Å². The third-order valence-corrected chi connectivity index (χ3v) is 6.51. The number of fused-ring (bicyclic) bond motifs is 1. The second kappa shape index (κ2) is 11.3. The van der Waals surface area contributed by atoms with Gasteiger partial charge in [0.15, 0.2) is 23.2 Å². The van der Waals surface area contributed by atoms with Gasteiger partial charge in [0.1, 0.15) is 18.5 Å². The molecule has 4 heterocycles. The summed E-state index contributed by atoms with van der Waals surface area (Å²) in [5, 5.41) is 24.5. The van der Waals surface area contributed by atoms with Crippen LogP contribution in [0.1, 0.15) is 44.8 Å². The molecule has 2 fully saturated rings. The van der Waals surface area contributed by atoms with Gasteiger partial charge >= 0.3 is 5.97 Å². The van der Waals surface area contributed by atoms with Gasteiger partial charge in [0.05, 0.1) is 12.4 Å². The van der Waals surface area contributed by atoms with Gasteiger partial charge in [0.2, 0.25) is 0 Å². The van der Waals surface area contributed by atoms with Crippen molar-refractivity contribution < 1.29 is 34.2 Å². The summed E-state index contributed by atoms with van der Waals surface area (Å²) in [5.74, 6) is -0.513. The number of hydrogen-bond acceptors (Lipinski definition) is 12. The molecule has 14 heteroatoms. The van der Waals surface area contributed by atoms with E-state index in [1.165, 1.54) is 24.4 Å². The van der Waals surface area contributed by atoms with Crippen LogP contribution in [0.3, 0.4) is 0 Å². The predicted molar refractivity (Wildman–Crippen MR) is 124 cm³/mol. The SMILES string of the molecule is CSCC1OC(n2cnc3c(NCCCCCC(=O)ON4C(=O)CCC4=O)ncnc32)C(O)C1O. The van der Waals surface area contributed by atoms with Gasteiger partial charge in [-0.15, -0.1) is 5.06 Å². The van der Waals surface area contributed by atoms with Crippen molar-refractivity contribution in [2.45, 2.75) is 63.1 Å². The number of unbranched alkanes of at least 4 members (excludes halogenated alkanes) is 2. The second-order valence-electron chi connectivity index (χ2n) is 8.33. The zero-order chi connectivity index (χ0) is 24.9. The molecule has 0 bridgehead atoms. The first-order valence-corrected chi connectivity index (χ1v) is 12.8. The highest BCUT2D eigenvalue weighted by atomic mass is 32.2. The Morgan fingerprint density at radius 1 is 1.17 bits per heavy atom. The fraction of sp³-hybridized carbons (Fsp3) is 0.619. The third-order valence-electron chi connectivity index (χ3n) is 5.85. The van der Waals surface area contributed by atoms with E-state index in [4.69, 9.17) is 9.57 Å². The molecule has 4 atom stereocenters. The molecule has 0 aromatic carbocycles. The predicted octanol–water partition coefficient (Wildman–Crippen LogP) is 0.388. The number of aliphatic hydroxyl groups is 2. The number of nitrogens with one attached hydrogen (secondary N) is 1. The van der Waals surface area contributed by atoms with Crippen molar-refractivity contribution >= 4 is 46.5 Å². The molecule has 2 saturated heterocycles. The van der Waals surface area contributed by atoms with Gasteiger partial charge in [-0.1, -0.05) is 6.42 Å². The molecule has 3 N–H and O–H groups in total. The Morgan fingerprint density at radius 2 is 1.94 bits per heavy atom. The number of amides is 2. The number of imide groups is 1. The number of nitrogens with zero attached hydrogens (tertiary/aromatic N) is 5. The zero-order valence-electron chi connectivity index (χ0n) is 19.2. The molecule has 2 aliphatic heterocycles. The van der Waals surface area contributed by atoms with Crippen molar-refractivity contribution in [2.24, 2.45) is 0 Å². The van der Waals surface area contributed by atoms with E-state index >= 15 is 0 Å². The Morgan fingerprint density at radius 3 is 2.69 bits per heavy atom. The van der Waals surface area contributed by atoms with Gasteiger partial charge in [-0.25, -0.2) is 19.7 Å². The molecule has 2 aromatic heterocycles. The van der Waals surface area contributed by atoms with Crippen molar-refractivity contribution in [3.05, 3.63) is 12.7 Å². The summed E-state index contributed by atoms with van der Waals surface area (Å²) in [7, 11) is 0. The van der Waals surface area contributed by atoms with E-state index < -0.39 is 42.3 Å². The van der Waals surface area contributed by atoms with Crippen molar-refractivity contribution in [3.8, 4) is 0 Å². The molecule has 190 valence electrons. The maximum atomic E-state index is 11.8. The van der Waals surface area contributed by atoms with E-state index in [1.807, 2.05) is 6.26 Å². The molecule has 2 aromatic rings. The Hall–Kier alpha value is -2.81. The molecule has 2 aliphatic rings. The molecular formula is C21H28N6O7S. The lowest BCUT2D eigenvalue weighted by Crippen LogP contribution is -2.32. The van der Waals surface area contributed by atoms with Crippen LogP contribution in [0.2, 0.25) is 0 Å². The van der Waals surface area contributed by atoms with Gasteiger partial charge in [-0.05, 0) is 19.1 Å². The average Bonchev–Trinajstić information content (AvgIpc) is 3.49. The maximum Gasteiger partial charge on any atom is 0.333 e. The molecule has 0 radical (unpaired) electrons. The number of aliphatic hydroxyl groups excluding tert-OH is 2. The van der Waals surface area contributed by atoms with Crippen LogP contribution in [0.15, 0.2) is 12.7 Å². The number of aromatic nitrogens is 4. The van der Waals surface area contributed by atoms with Gasteiger partial charge in [-0.3, -0.25) is 14.2 Å². The molecule has 13 nitrogen and oxygen atoms in total. The summed E-state index contributed by atoms with van der Waals surface area (Å²) in [4.78, 5) is 52.5. The second-order valence-corrected chi connectivity index (χ2v) is 9.24. The number of anilines is 1. The summed E-state index contributed by atoms with van der Waals surface area (Å²) < 4.78 is 7.46. The molecular weight excluding hydrogens is 480 g/mol. The fourth-order valence-corrected chi connectivity index (χ4v) is 4.62. The molecule has 2 amide bonds. The van der Waals surface area contributed by atoms with Crippen LogP contribution in [0.5, 0.6) is 0 Å². The highest BCUT2D eigenvalue weighted by Gasteiger charge is 2.44. The first-order valence-electron chi connectivity index (χ1n) is 11.4. The first-order chi connectivity index (χ1) is 16.9. The number of hydrogen-bond donors (Lipinski definition) is 3. The monoisotopic (exact) mass is 508 g/mol. The minimum atomic E-state index is -1.11. The Bertz CT molecular complexity index is 1070. The maximum absolute atomic E-state index is 11.8. The number of hydroxylamine groups is 2. The van der Waals surface area contributed by atoms with E-state index in [9.17, 15) is 24.6 Å². The lowest BCUT2D eigenvalue weighted by atomic mass is 10.1. The topological polar surface area (TPSA) is 169 Å². The third kappa shape index (κ3) is 5.55. The van der Waals surface area contributed by atoms with Crippen LogP contribution in [0.4, 0.5) is 5.82 Å². The number of carbonyl (C=O) groups excluding carboxylic acids is 3. The van der Waals surface area contributed by atoms with Gasteiger partial charge < -0.3 is 25.1 Å². The normalized spacial score (nSPS) is 24.5. The Balaban J connectivity index is 1.25. The van der Waals surface area contributed by atoms with Crippen LogP contribution < -0.4 is 5.32 Å². The molecule has 0 saturated carbocycles. The first kappa shape index (κ1) is 25.3. The number of thioether (sulfide) groups is 1. The number of rotatable bonds is 11. The zero-order valence-corrected chi connectivity index (χ0v) is 20.0. The van der Waals surface area contributed by atoms with Gasteiger partial charge in [0, 0.05) is 31.6 Å². The van der Waals surface area contributed by atoms with E-state index in [0.717, 1.165) is 6.42 Å². The Kier molecular flexibility index (Phi) is 8.15. The van der Waals surface area contributed by atoms with E-state index in [-0.39, 0.29) is 19.3 Å². The van der Waals surface area contributed by atoms with E-state index in [0.29, 0.717) is 47.2 Å². The summed E-state index contributed by atoms with van der Waals surface area (Å²) in [6, 6.07) is 0. The highest BCUT2D eigenvalue weighted by molar-refractivity contribution is 7.98. The van der Waals surface area contributed by atoms with Crippen molar-refractivity contribution in [1.29, 1.82) is 0 Å². The van der Waals surface area contributed by atoms with Crippen LogP contribution >= 0.6 is 11.8 Å². The van der Waals surface area contributed by atoms with Crippen LogP contribution in [-0.4, -0.2) is 89.4 Å². The van der Waals surface area contributed by atoms with Crippen LogP contribution in [0, 0.1) is 0 Å². The summed E-state index contributed by atoms with van der Waals surface area (Å²) in [6.07, 6.45) is 3.62. The molecule has 35 heavy (non-hydrogen) atoms. The van der Waals surface area contributed by atoms with Crippen LogP contribution in [0.25, 0.3) is 11.2 Å². The number of imidazole rings is 1. The number of carbonyl (C=O) groups is 3. The fourth-order valence-electron chi connectivity index (χ4n) is 4.01. The molecule has 0 spiro atoms. The minimum Gasteiger partial charge on any atom is -0.387 e. The minimum absolute atomic E-state index is 0.0705. The van der Waals surface area contributed by atoms with E-state index in [2.05, 4.69) is 20.3 Å². The van der Waals surface area contributed by atoms with Gasteiger partial charge in [-0.2, -0.15) is 11.8 Å². The summed E-state index contributed by atoms with van der Waals surface area (Å²) in [6.45, 7) is 0.564. The number of ether oxygens (including phenoxy) is 1. The van der Waals surface area contributed by atoms with Crippen molar-refractivity contribution in [1.82, 2.24) is 24.6 Å². The lowest BCUT2D eigenvalue weighted by Gasteiger charge is -2.16. The molecule has 0 aliphatic carbocycles. The summed E-state index contributed by atoms with van der Waals surface area (Å²) in [5.41, 5.74) is 0.979. The quantitative estimate of drug-likeness (QED) is 0.282. The van der Waals surface area contributed by atoms with Crippen molar-refractivity contribution in [2.75, 3.05) is 23.9 Å². The highest BCUT2D eigenvalue weighted by Crippen LogP contribution is 2.33. The molecule has 4 unspecified atom stereocenters. The summed E-state index contributed by atoms with van der Waals surface area (Å²) >= 11 is 1.52. The standard InChI is InChI=1S/C21H28N6O7S/c1-35-9-12-17(31)18(32)21(33-12)26-11-25-16-19(23-10-24-20(16)26)22-8-4-2-3-5-15(30)34-27-13(28)6-7-14(27)29/h10-12,17-18,21,31-32H,2-9H2,1H3,(H,22,23,24). The average molecular weight is 509 g/mol. The largest absolute Gasteiger partial charge is 0.387 e. The lowest BCUT2D eigenvalue weighted by molar-refractivity contribution is -0.197. The smallest absolute Gasteiger partial charge is 0.333 e. The Labute approximate surface area is 205 Å².